The molecule has 14 aliphatic carbocycles. The van der Waals surface area contributed by atoms with Crippen LogP contribution < -0.4 is 0 Å². The van der Waals surface area contributed by atoms with Crippen LogP contribution in [0, 0.1) is 13.8 Å². The molecule has 20 fully saturated rings. The van der Waals surface area contributed by atoms with Crippen LogP contribution in [0.1, 0.15) is 371 Å². The Morgan fingerprint density at radius 3 is 0.355 bits per heavy atom. The Bertz CT molecular complexity index is 3180. The largest absolute Gasteiger partial charge is 0.486 e. The van der Waals surface area contributed by atoms with Gasteiger partial charge >= 0.3 is 123 Å². The second kappa shape index (κ2) is 40.5. The van der Waals surface area contributed by atoms with Crippen molar-refractivity contribution in [3.63, 3.8) is 0 Å². The van der Waals surface area contributed by atoms with Crippen molar-refractivity contribution in [1.82, 2.24) is 0 Å². The topological polar surface area (TPSA) is 288 Å². The summed E-state index contributed by atoms with van der Waals surface area (Å²) in [6, 6.07) is 19.7. The summed E-state index contributed by atoms with van der Waals surface area (Å²) >= 11 is 0. The van der Waals surface area contributed by atoms with Gasteiger partial charge in [0.25, 0.3) is 0 Å². The molecule has 0 spiro atoms. The third-order valence-corrected chi connectivity index (χ3v) is 96.5. The summed E-state index contributed by atoms with van der Waals surface area (Å²) in [5.41, 5.74) is -0.0339. The molecule has 0 unspecified atom stereocenters. The minimum Gasteiger partial charge on any atom is -0.390 e. The van der Waals surface area contributed by atoms with Gasteiger partial charge in [-0.3, -0.25) is 0 Å². The molecule has 692 valence electrons. The van der Waals surface area contributed by atoms with E-state index in [9.17, 15) is 28.8 Å². The summed E-state index contributed by atoms with van der Waals surface area (Å²) in [7, 11) is -58.3. The quantitative estimate of drug-likeness (QED) is 0.0757. The van der Waals surface area contributed by atoms with Gasteiger partial charge in [0.1, 0.15) is 0 Å². The first kappa shape index (κ1) is 97.7. The SMILES string of the molecule is O[Si]1(C2CCCC2)O[Si]2(C3CCCC3)O[Si](O)(C3CCCC3)O[Si]3(C4CCCC4)O[Si](O)(C4CCCC4)O[Si](C4CCCC4)(O1)O[Si](C1CCCC1)(O2)O3.O[Si]1(C2CCCC2)O[Si]2(C3CCCC3)O[Si](O)(C3CCCC3)O[Si]3(C4CCCC4)O[Si](O)(C4CCCC4)O[Si](C4CCCC4)(O1)O[Si](C1CCCC1)(O2)O3.[CH2-]c1ccccc1.[CH2-]c1ccccc1.[Zr].[Zr]. The van der Waals surface area contributed by atoms with Crippen molar-refractivity contribution in [3.8, 4) is 0 Å². The summed E-state index contributed by atoms with van der Waals surface area (Å²) in [5, 5.41) is 0. The molecule has 0 aromatic heterocycles. The van der Waals surface area contributed by atoms with E-state index >= 15 is 0 Å². The van der Waals surface area contributed by atoms with Crippen molar-refractivity contribution >= 4 is 123 Å². The van der Waals surface area contributed by atoms with Crippen LogP contribution in [0.5, 0.6) is 0 Å². The fourth-order valence-corrected chi connectivity index (χ4v) is 111. The second-order valence-corrected chi connectivity index (χ2v) is 84.5. The van der Waals surface area contributed by atoms with E-state index in [-0.39, 0.29) is 130 Å². The van der Waals surface area contributed by atoms with E-state index in [1.807, 2.05) is 60.7 Å². The molecule has 40 heteroatoms. The van der Waals surface area contributed by atoms with Crippen molar-refractivity contribution in [2.75, 3.05) is 0 Å². The van der Waals surface area contributed by atoms with Gasteiger partial charge in [0.05, 0.1) is 0 Å². The molecule has 124 heavy (non-hydrogen) atoms. The average Bonchev–Trinajstić information content (AvgIpc) is 1.12. The van der Waals surface area contributed by atoms with Crippen LogP contribution >= 0.6 is 0 Å². The van der Waals surface area contributed by atoms with E-state index in [1.54, 1.807) is 0 Å². The molecule has 20 aliphatic rings. The zero-order chi connectivity index (χ0) is 83.6. The van der Waals surface area contributed by atoms with Gasteiger partial charge in [-0.25, -0.2) is 0 Å². The van der Waals surface area contributed by atoms with Gasteiger partial charge in [-0.1, -0.05) is 192 Å². The molecule has 6 heterocycles. The van der Waals surface area contributed by atoms with Gasteiger partial charge in [0, 0.05) is 130 Å². The van der Waals surface area contributed by atoms with Crippen LogP contribution in [-0.4, -0.2) is 152 Å². The molecule has 2 aromatic rings. The van der Waals surface area contributed by atoms with E-state index in [2.05, 4.69) is 13.8 Å². The summed E-state index contributed by atoms with van der Waals surface area (Å²) in [6.45, 7) is 7.44. The van der Waals surface area contributed by atoms with Gasteiger partial charge in [-0.15, -0.1) is 24.3 Å². The first-order valence-electron chi connectivity index (χ1n) is 49.7. The normalized spacial score (nSPS) is 43.2. The summed E-state index contributed by atoms with van der Waals surface area (Å²) in [5.74, 6) is 0. The summed E-state index contributed by atoms with van der Waals surface area (Å²) in [4.78, 5) is 81.4. The van der Waals surface area contributed by atoms with Crippen LogP contribution in [-0.2, 0) is 126 Å². The van der Waals surface area contributed by atoms with E-state index in [1.165, 1.54) is 0 Å². The van der Waals surface area contributed by atoms with Crippen molar-refractivity contribution in [3.05, 3.63) is 85.6 Å². The Morgan fingerprint density at radius 2 is 0.258 bits per heavy atom. The second-order valence-electron chi connectivity index (χ2n) is 41.2. The molecular weight excluding hydrogens is 1970 g/mol. The fourth-order valence-electron chi connectivity index (χ4n) is 26.2. The third kappa shape index (κ3) is 19.8. The number of hydrogen-bond donors (Lipinski definition) is 6. The molecule has 2 aromatic carbocycles. The molecule has 8 bridgehead atoms. The van der Waals surface area contributed by atoms with Crippen LogP contribution in [0.2, 0.25) is 77.6 Å². The minimum absolute atomic E-state index is 0. The molecular formula is C84H146O24Si14Zr2-2. The zero-order valence-electron chi connectivity index (χ0n) is 73.9. The molecule has 14 saturated carbocycles. The Balaban J connectivity index is 0.000000149. The monoisotopic (exact) mass is 2110 g/mol. The first-order valence-corrected chi connectivity index (χ1v) is 75.2. The van der Waals surface area contributed by atoms with Gasteiger partial charge in [0.2, 0.25) is 0 Å². The molecule has 6 saturated heterocycles. The van der Waals surface area contributed by atoms with Crippen LogP contribution in [0.3, 0.4) is 0 Å². The van der Waals surface area contributed by atoms with Crippen molar-refractivity contribution in [2.45, 2.75) is 437 Å². The predicted octanol–water partition coefficient (Wildman–Crippen LogP) is 20.4. The van der Waals surface area contributed by atoms with E-state index in [0.717, 1.165) is 371 Å². The molecule has 0 atom stereocenters. The van der Waals surface area contributed by atoms with Crippen molar-refractivity contribution in [2.24, 2.45) is 0 Å². The van der Waals surface area contributed by atoms with Gasteiger partial charge < -0.3 is 103 Å². The molecule has 6 aliphatic heterocycles. The Hall–Kier alpha value is 2.02. The standard InChI is InChI=1S/2C35H66O12Si7.2C7H7.2Zr/c2*36-48(29-15-1-2-16-29)39-51(32-21-7-8-22-32)41-49(37,30-17-3-4-18-30)43-53(34-25-11-12-26-34)44-50(38,31-19-5-6-20-31)42-52(40-48,33-23-9-10-24-33)46-54(45-51,47-53)35-27-13-14-28-35;2*1-7-5-3-2-4-6-7;;/h2*29-38H,1-28H2;2*2-6H,1H2;;/q;;2*-1;;. The smallest absolute Gasteiger partial charge is 0.390 e. The average molecular weight is 2120 g/mol. The van der Waals surface area contributed by atoms with Gasteiger partial charge in [0.15, 0.2) is 0 Å². The van der Waals surface area contributed by atoms with Crippen LogP contribution in [0.4, 0.5) is 0 Å². The Morgan fingerprint density at radius 1 is 0.161 bits per heavy atom. The maximum Gasteiger partial charge on any atom is 0.486 e. The summed E-state index contributed by atoms with van der Waals surface area (Å²) in [6.07, 6.45) is 51.1. The van der Waals surface area contributed by atoms with E-state index < -0.39 is 123 Å². The maximum atomic E-state index is 13.6. The van der Waals surface area contributed by atoms with Crippen molar-refractivity contribution in [1.29, 1.82) is 0 Å². The summed E-state index contributed by atoms with van der Waals surface area (Å²) < 4.78 is 139. The van der Waals surface area contributed by atoms with Crippen LogP contribution in [0.25, 0.3) is 0 Å². The van der Waals surface area contributed by atoms with Crippen LogP contribution in [0.15, 0.2) is 60.7 Å². The van der Waals surface area contributed by atoms with E-state index in [0.29, 0.717) is 0 Å². The minimum atomic E-state index is -4.28. The Labute approximate surface area is 793 Å². The number of rotatable bonds is 14. The molecule has 22 rings (SSSR count). The predicted molar refractivity (Wildman–Crippen MR) is 486 cm³/mol. The molecule has 0 radical (unpaired) electrons. The zero-order valence-corrected chi connectivity index (χ0v) is 92.8. The Kier molecular flexibility index (Phi) is 31.9. The van der Waals surface area contributed by atoms with Crippen molar-refractivity contribution < 1.29 is 155 Å². The number of hydrogen-bond acceptors (Lipinski definition) is 24. The molecule has 6 N–H and O–H groups in total. The molecule has 0 amide bonds. The first-order chi connectivity index (χ1) is 59.0. The van der Waals surface area contributed by atoms with E-state index in [4.69, 9.17) is 74.1 Å². The number of benzene rings is 2. The molecule has 24 nitrogen and oxygen atoms in total. The van der Waals surface area contributed by atoms with Gasteiger partial charge in [-0.2, -0.15) is 49.2 Å². The maximum absolute atomic E-state index is 13.6. The third-order valence-electron chi connectivity index (χ3n) is 32.9. The fraction of sp³-hybridized carbons (Fsp3) is 0.833. The van der Waals surface area contributed by atoms with Gasteiger partial charge in [-0.05, 0) is 180 Å². The number of fused-ring (bicyclic) bond motifs is 6.